The van der Waals surface area contributed by atoms with Gasteiger partial charge in [0.25, 0.3) is 0 Å². The van der Waals surface area contributed by atoms with Crippen LogP contribution >= 0.6 is 22.6 Å². The lowest BCUT2D eigenvalue weighted by atomic mass is 9.69. The van der Waals surface area contributed by atoms with Gasteiger partial charge in [0.05, 0.1) is 42.3 Å². The summed E-state index contributed by atoms with van der Waals surface area (Å²) in [6.07, 6.45) is 3.61. The monoisotopic (exact) mass is 657 g/mol. The number of fused-ring (bicyclic) bond motifs is 3. The van der Waals surface area contributed by atoms with Gasteiger partial charge in [-0.05, 0) is 82.7 Å². The molecule has 1 N–H and O–H groups in total. The van der Waals surface area contributed by atoms with Crippen LogP contribution < -0.4 is 4.74 Å². The van der Waals surface area contributed by atoms with Gasteiger partial charge in [-0.1, -0.05) is 48.9 Å². The highest BCUT2D eigenvalue weighted by Gasteiger charge is 2.58. The van der Waals surface area contributed by atoms with E-state index in [1.54, 1.807) is 0 Å². The van der Waals surface area contributed by atoms with Crippen LogP contribution in [-0.2, 0) is 19.1 Å². The molecule has 2 saturated heterocycles. The minimum Gasteiger partial charge on any atom is -0.504 e. The molecule has 2 aromatic carbocycles. The molecule has 0 aromatic heterocycles. The number of phenols is 1. The molecule has 0 saturated carbocycles. The van der Waals surface area contributed by atoms with Gasteiger partial charge in [-0.2, -0.15) is 4.90 Å². The molecule has 2 heterocycles. The maximum Gasteiger partial charge on any atom is 0.423 e. The molecule has 0 spiro atoms. The number of hydrogen-bond donors (Lipinski definition) is 1. The van der Waals surface area contributed by atoms with Crippen LogP contribution in [0.25, 0.3) is 11.6 Å². The second-order valence-electron chi connectivity index (χ2n) is 10.3. The fraction of sp³-hybridized carbons (Fsp3) is 0.387. The highest BCUT2D eigenvalue weighted by molar-refractivity contribution is 14.1. The van der Waals surface area contributed by atoms with Crippen molar-refractivity contribution in [3.63, 3.8) is 0 Å². The number of nitrogens with zero attached hydrogens (tertiary/aromatic N) is 1. The average Bonchev–Trinajstić information content (AvgIpc) is 3.50. The van der Waals surface area contributed by atoms with Crippen molar-refractivity contribution in [3.05, 3.63) is 68.3 Å². The van der Waals surface area contributed by atoms with Crippen molar-refractivity contribution in [2.45, 2.75) is 38.7 Å². The molecule has 9 heteroatoms. The van der Waals surface area contributed by atoms with Crippen molar-refractivity contribution in [3.8, 4) is 11.5 Å². The number of amides is 3. The molecule has 3 amide bonds. The van der Waals surface area contributed by atoms with Crippen molar-refractivity contribution in [1.82, 2.24) is 4.90 Å². The third-order valence-corrected chi connectivity index (χ3v) is 9.05. The zero-order chi connectivity index (χ0) is 28.6. The van der Waals surface area contributed by atoms with Gasteiger partial charge >= 0.3 is 6.09 Å². The van der Waals surface area contributed by atoms with Crippen LogP contribution in [0.2, 0.25) is 0 Å². The minimum absolute atomic E-state index is 0.118. The third kappa shape index (κ3) is 5.05. The number of halogens is 1. The Balaban J connectivity index is 1.43. The molecule has 210 valence electrons. The van der Waals surface area contributed by atoms with Gasteiger partial charge in [-0.15, -0.1) is 0 Å². The second-order valence-corrected chi connectivity index (χ2v) is 11.4. The summed E-state index contributed by atoms with van der Waals surface area (Å²) in [5.74, 6) is -1.79. The summed E-state index contributed by atoms with van der Waals surface area (Å²) in [5.41, 5.74) is 5.36. The Morgan fingerprint density at radius 2 is 1.90 bits per heavy atom. The Labute approximate surface area is 247 Å². The van der Waals surface area contributed by atoms with E-state index in [9.17, 15) is 19.5 Å². The molecule has 40 heavy (non-hydrogen) atoms. The zero-order valence-corrected chi connectivity index (χ0v) is 24.8. The molecular formula is C31H32INO7. The lowest BCUT2D eigenvalue weighted by molar-refractivity contribution is -0.137. The first-order valence-corrected chi connectivity index (χ1v) is 14.5. The first-order chi connectivity index (χ1) is 19.3. The molecular weight excluding hydrogens is 625 g/mol. The summed E-state index contributed by atoms with van der Waals surface area (Å²) in [6, 6.07) is 13.8. The van der Waals surface area contributed by atoms with Crippen LogP contribution in [0.3, 0.4) is 0 Å². The van der Waals surface area contributed by atoms with Crippen molar-refractivity contribution < 1.29 is 33.7 Å². The number of aromatic hydroxyl groups is 1. The molecule has 8 nitrogen and oxygen atoms in total. The zero-order valence-electron chi connectivity index (χ0n) is 22.7. The van der Waals surface area contributed by atoms with Gasteiger partial charge in [0, 0.05) is 5.92 Å². The van der Waals surface area contributed by atoms with Crippen LogP contribution in [0.5, 0.6) is 11.5 Å². The van der Waals surface area contributed by atoms with Gasteiger partial charge < -0.3 is 19.3 Å². The van der Waals surface area contributed by atoms with E-state index in [0.717, 1.165) is 34.3 Å². The maximum absolute atomic E-state index is 13.2. The number of rotatable bonds is 7. The molecule has 2 aliphatic heterocycles. The van der Waals surface area contributed by atoms with E-state index in [1.165, 1.54) is 14.2 Å². The number of carbonyl (C=O) groups is 3. The van der Waals surface area contributed by atoms with Crippen molar-refractivity contribution in [1.29, 1.82) is 0 Å². The summed E-state index contributed by atoms with van der Waals surface area (Å²) in [7, 11) is 2.71. The van der Waals surface area contributed by atoms with Gasteiger partial charge in [-0.3, -0.25) is 9.59 Å². The number of ether oxygens (including phenoxy) is 3. The number of allylic oxidation sites excluding steroid dienone is 2. The Morgan fingerprint density at radius 1 is 1.15 bits per heavy atom. The molecule has 2 aromatic rings. The molecule has 4 atom stereocenters. The Kier molecular flexibility index (Phi) is 8.32. The highest BCUT2D eigenvalue weighted by Crippen LogP contribution is 2.50. The molecule has 0 bridgehead atoms. The van der Waals surface area contributed by atoms with E-state index in [-0.39, 0.29) is 17.8 Å². The lowest BCUT2D eigenvalue weighted by Gasteiger charge is -2.31. The maximum atomic E-state index is 13.2. The Morgan fingerprint density at radius 3 is 2.58 bits per heavy atom. The largest absolute Gasteiger partial charge is 0.504 e. The molecule has 5 rings (SSSR count). The van der Waals surface area contributed by atoms with Crippen LogP contribution in [0.1, 0.15) is 43.7 Å². The van der Waals surface area contributed by atoms with E-state index >= 15 is 0 Å². The molecule has 2 fully saturated rings. The number of carbonyl (C=O) groups excluding carboxylic acids is 3. The van der Waals surface area contributed by atoms with Crippen LogP contribution in [0, 0.1) is 21.3 Å². The van der Waals surface area contributed by atoms with Gasteiger partial charge in [0.15, 0.2) is 11.5 Å². The highest BCUT2D eigenvalue weighted by atomic mass is 127. The lowest BCUT2D eigenvalue weighted by Crippen LogP contribution is -2.38. The Hall–Kier alpha value is -3.18. The average molecular weight is 658 g/mol. The second kappa shape index (κ2) is 11.7. The molecule has 0 radical (unpaired) electrons. The van der Waals surface area contributed by atoms with Crippen LogP contribution in [0.15, 0.2) is 53.6 Å². The molecule has 0 unspecified atom stereocenters. The number of imide groups is 3. The minimum atomic E-state index is -0.919. The number of likely N-dealkylation sites (tertiary alicyclic amines) is 1. The topological polar surface area (TPSA) is 102 Å². The first-order valence-electron chi connectivity index (χ1n) is 13.4. The van der Waals surface area contributed by atoms with E-state index in [4.69, 9.17) is 14.2 Å². The standard InChI is InChI=1S/C31H32INO7/c1-4-18-15-21-27(30(36)33(29(21)35)31(37)39-3)22-16-40-24(26(18)22)11-10-20(19-8-6-5-7-9-19)12-17-13-23(32)28(34)25(14-17)38-2/h5-9,12-14,21-22,24,27,34H,4,10-11,15-16H2,1-3H3/b20-12-/t21-,22+,24-,27-/m1/s1. The number of benzene rings is 2. The van der Waals surface area contributed by atoms with Crippen molar-refractivity contribution >= 4 is 52.1 Å². The van der Waals surface area contributed by atoms with Gasteiger partial charge in [-0.25, -0.2) is 4.79 Å². The summed E-state index contributed by atoms with van der Waals surface area (Å²) >= 11 is 2.09. The number of phenolic OH excluding ortho intramolecular Hbond substituents is 1. The van der Waals surface area contributed by atoms with E-state index in [1.807, 2.05) is 30.3 Å². The Bertz CT molecular complexity index is 1400. The van der Waals surface area contributed by atoms with Gasteiger partial charge in [0.1, 0.15) is 0 Å². The SMILES string of the molecule is CCC1=C2[C@@H](CC/C(=C/c3cc(I)c(O)c(OC)c3)c3ccccc3)OC[C@@H]2[C@@H]2C(=O)N(C(=O)OC)C(=O)[C@@H]2C1. The summed E-state index contributed by atoms with van der Waals surface area (Å²) in [5, 5.41) is 10.3. The smallest absolute Gasteiger partial charge is 0.423 e. The van der Waals surface area contributed by atoms with Crippen LogP contribution in [0.4, 0.5) is 4.79 Å². The third-order valence-electron chi connectivity index (χ3n) is 8.22. The van der Waals surface area contributed by atoms with E-state index in [0.29, 0.717) is 40.1 Å². The van der Waals surface area contributed by atoms with Crippen LogP contribution in [-0.4, -0.2) is 54.8 Å². The van der Waals surface area contributed by atoms with E-state index in [2.05, 4.69) is 47.7 Å². The normalized spacial score (nSPS) is 24.3. The van der Waals surface area contributed by atoms with E-state index < -0.39 is 29.7 Å². The fourth-order valence-electron chi connectivity index (χ4n) is 6.36. The fourth-order valence-corrected chi connectivity index (χ4v) is 6.98. The predicted octanol–water partition coefficient (Wildman–Crippen LogP) is 5.82. The van der Waals surface area contributed by atoms with Crippen molar-refractivity contribution in [2.24, 2.45) is 17.8 Å². The summed E-state index contributed by atoms with van der Waals surface area (Å²) in [4.78, 5) is 39.2. The number of hydrogen-bond acceptors (Lipinski definition) is 7. The van der Waals surface area contributed by atoms with Gasteiger partial charge in [0.2, 0.25) is 11.8 Å². The quantitative estimate of drug-likeness (QED) is 0.173. The predicted molar refractivity (Wildman–Crippen MR) is 157 cm³/mol. The molecule has 3 aliphatic rings. The summed E-state index contributed by atoms with van der Waals surface area (Å²) < 4.78 is 17.1. The van der Waals surface area contributed by atoms with Crippen molar-refractivity contribution in [2.75, 3.05) is 20.8 Å². The first kappa shape index (κ1) is 28.4. The number of methoxy groups -OCH3 is 2. The summed E-state index contributed by atoms with van der Waals surface area (Å²) in [6.45, 7) is 2.40. The molecule has 1 aliphatic carbocycles.